The lowest BCUT2D eigenvalue weighted by Crippen LogP contribution is -2.27. The first-order valence-electron chi connectivity index (χ1n) is 5.97. The minimum atomic E-state index is -1.30. The van der Waals surface area contributed by atoms with E-state index in [1.165, 1.54) is 4.68 Å². The molecule has 0 bridgehead atoms. The van der Waals surface area contributed by atoms with Crippen molar-refractivity contribution in [3.05, 3.63) is 57.5 Å². The van der Waals surface area contributed by atoms with Crippen LogP contribution in [0, 0.1) is 6.92 Å². The van der Waals surface area contributed by atoms with E-state index in [1.54, 1.807) is 6.92 Å². The first kappa shape index (κ1) is 13.0. The van der Waals surface area contributed by atoms with Gasteiger partial charge in [-0.2, -0.15) is 5.10 Å². The number of para-hydroxylation sites is 1. The Morgan fingerprint density at radius 1 is 1.32 bits per heavy atom. The quantitative estimate of drug-likeness (QED) is 0.911. The molecular formula is C14H14N2O3. The van der Waals surface area contributed by atoms with Gasteiger partial charge in [0.2, 0.25) is 11.1 Å². The summed E-state index contributed by atoms with van der Waals surface area (Å²) < 4.78 is 1.50. The summed E-state index contributed by atoms with van der Waals surface area (Å²) >= 11 is 0. The molecule has 0 aliphatic heterocycles. The molecule has 1 aromatic heterocycles. The summed E-state index contributed by atoms with van der Waals surface area (Å²) in [6.07, 6.45) is 0.473. The molecule has 0 amide bonds. The molecule has 0 fully saturated rings. The van der Waals surface area contributed by atoms with Crippen LogP contribution in [0.5, 0.6) is 0 Å². The summed E-state index contributed by atoms with van der Waals surface area (Å²) in [4.78, 5) is 23.1. The summed E-state index contributed by atoms with van der Waals surface area (Å²) in [7, 11) is 0. The van der Waals surface area contributed by atoms with Crippen LogP contribution in [0.2, 0.25) is 0 Å². The van der Waals surface area contributed by atoms with Gasteiger partial charge in [0.25, 0.3) is 0 Å². The second-order valence-electron chi connectivity index (χ2n) is 4.15. The molecule has 0 unspecified atom stereocenters. The van der Waals surface area contributed by atoms with E-state index in [2.05, 4.69) is 5.10 Å². The van der Waals surface area contributed by atoms with Crippen molar-refractivity contribution in [3.63, 3.8) is 0 Å². The maximum atomic E-state index is 12.0. The third-order valence-electron chi connectivity index (χ3n) is 3.00. The van der Waals surface area contributed by atoms with Gasteiger partial charge in [-0.25, -0.2) is 9.48 Å². The number of benzene rings is 1. The van der Waals surface area contributed by atoms with Gasteiger partial charge in [-0.3, -0.25) is 4.79 Å². The van der Waals surface area contributed by atoms with E-state index < -0.39 is 17.1 Å². The minimum absolute atomic E-state index is 0.439. The first-order valence-corrected chi connectivity index (χ1v) is 5.97. The van der Waals surface area contributed by atoms with Gasteiger partial charge in [-0.1, -0.05) is 25.1 Å². The number of aromatic carboxylic acids is 1. The van der Waals surface area contributed by atoms with Gasteiger partial charge >= 0.3 is 5.97 Å². The molecule has 5 heteroatoms. The van der Waals surface area contributed by atoms with Gasteiger partial charge in [0.1, 0.15) is 0 Å². The average Bonchev–Trinajstić information content (AvgIpc) is 2.40. The second-order valence-corrected chi connectivity index (χ2v) is 4.15. The first-order chi connectivity index (χ1) is 9.06. The zero-order chi connectivity index (χ0) is 14.0. The number of aromatic nitrogens is 2. The van der Waals surface area contributed by atoms with Crippen LogP contribution >= 0.6 is 0 Å². The second kappa shape index (κ2) is 5.06. The van der Waals surface area contributed by atoms with Gasteiger partial charge < -0.3 is 5.11 Å². The van der Waals surface area contributed by atoms with Gasteiger partial charge in [0.05, 0.1) is 5.69 Å². The molecule has 0 atom stereocenters. The summed E-state index contributed by atoms with van der Waals surface area (Å²) in [5.41, 5.74) is 0.947. The highest BCUT2D eigenvalue weighted by Gasteiger charge is 2.18. The molecule has 0 aliphatic rings. The molecule has 5 nitrogen and oxygen atoms in total. The summed E-state index contributed by atoms with van der Waals surface area (Å²) in [6, 6.07) is 9.16. The van der Waals surface area contributed by atoms with Gasteiger partial charge in [-0.15, -0.1) is 0 Å². The van der Waals surface area contributed by atoms with E-state index in [1.807, 2.05) is 37.3 Å². The SMILES string of the molecule is CCc1c(C)n(-c2ccccc2)nc(C(=O)O)c1=O. The van der Waals surface area contributed by atoms with E-state index in [0.29, 0.717) is 17.7 Å². The van der Waals surface area contributed by atoms with Gasteiger partial charge in [0.15, 0.2) is 0 Å². The number of rotatable bonds is 3. The lowest BCUT2D eigenvalue weighted by molar-refractivity contribution is 0.0686. The fourth-order valence-electron chi connectivity index (χ4n) is 2.03. The number of carbonyl (C=O) groups is 1. The van der Waals surface area contributed by atoms with Crippen molar-refractivity contribution in [1.82, 2.24) is 9.78 Å². The van der Waals surface area contributed by atoms with Crippen molar-refractivity contribution in [2.45, 2.75) is 20.3 Å². The lowest BCUT2D eigenvalue weighted by Gasteiger charge is -2.13. The Hall–Kier alpha value is -2.43. The van der Waals surface area contributed by atoms with Crippen LogP contribution in [-0.4, -0.2) is 20.9 Å². The van der Waals surface area contributed by atoms with Crippen molar-refractivity contribution < 1.29 is 9.90 Å². The van der Waals surface area contributed by atoms with Crippen LogP contribution in [0.3, 0.4) is 0 Å². The van der Waals surface area contributed by atoms with E-state index in [-0.39, 0.29) is 0 Å². The van der Waals surface area contributed by atoms with Crippen molar-refractivity contribution in [2.75, 3.05) is 0 Å². The number of carboxylic acids is 1. The number of nitrogens with zero attached hydrogens (tertiary/aromatic N) is 2. The maximum absolute atomic E-state index is 12.0. The molecule has 98 valence electrons. The van der Waals surface area contributed by atoms with E-state index >= 15 is 0 Å². The Kier molecular flexibility index (Phi) is 3.46. The Labute approximate surface area is 110 Å². The van der Waals surface area contributed by atoms with E-state index in [4.69, 9.17) is 5.11 Å². The van der Waals surface area contributed by atoms with Crippen LogP contribution in [0.1, 0.15) is 28.7 Å². The molecule has 1 heterocycles. The zero-order valence-electron chi connectivity index (χ0n) is 10.8. The molecule has 0 saturated heterocycles. The predicted molar refractivity (Wildman–Crippen MR) is 70.9 cm³/mol. The Balaban J connectivity index is 2.79. The van der Waals surface area contributed by atoms with E-state index in [0.717, 1.165) is 5.69 Å². The van der Waals surface area contributed by atoms with Crippen LogP contribution in [-0.2, 0) is 6.42 Å². The third kappa shape index (κ3) is 2.27. The third-order valence-corrected chi connectivity index (χ3v) is 3.00. The molecule has 0 radical (unpaired) electrons. The van der Waals surface area contributed by atoms with Crippen LogP contribution in [0.15, 0.2) is 35.1 Å². The monoisotopic (exact) mass is 258 g/mol. The molecule has 0 aliphatic carbocycles. The Morgan fingerprint density at radius 2 is 1.95 bits per heavy atom. The fraction of sp³-hybridized carbons (Fsp3) is 0.214. The van der Waals surface area contributed by atoms with Gasteiger partial charge in [-0.05, 0) is 25.5 Å². The molecular weight excluding hydrogens is 244 g/mol. The summed E-state index contributed by atoms with van der Waals surface area (Å²) in [5, 5.41) is 13.0. The highest BCUT2D eigenvalue weighted by Crippen LogP contribution is 2.11. The number of carboxylic acid groups (broad SMARTS) is 1. The normalized spacial score (nSPS) is 10.4. The molecule has 2 rings (SSSR count). The predicted octanol–water partition coefficient (Wildman–Crippen LogP) is 1.80. The average molecular weight is 258 g/mol. The molecule has 0 spiro atoms. The molecule has 0 saturated carbocycles. The van der Waals surface area contributed by atoms with Crippen molar-refractivity contribution in [3.8, 4) is 5.69 Å². The van der Waals surface area contributed by atoms with Crippen molar-refractivity contribution in [2.24, 2.45) is 0 Å². The van der Waals surface area contributed by atoms with Crippen molar-refractivity contribution in [1.29, 1.82) is 0 Å². The lowest BCUT2D eigenvalue weighted by atomic mass is 10.1. The summed E-state index contributed by atoms with van der Waals surface area (Å²) in [5.74, 6) is -1.30. The van der Waals surface area contributed by atoms with Crippen LogP contribution < -0.4 is 5.43 Å². The fourth-order valence-corrected chi connectivity index (χ4v) is 2.03. The van der Waals surface area contributed by atoms with Crippen LogP contribution in [0.4, 0.5) is 0 Å². The smallest absolute Gasteiger partial charge is 0.360 e. The highest BCUT2D eigenvalue weighted by atomic mass is 16.4. The van der Waals surface area contributed by atoms with Crippen LogP contribution in [0.25, 0.3) is 5.69 Å². The number of hydrogen-bond donors (Lipinski definition) is 1. The maximum Gasteiger partial charge on any atom is 0.360 e. The molecule has 2 aromatic rings. The Bertz CT molecular complexity index is 675. The van der Waals surface area contributed by atoms with Crippen molar-refractivity contribution >= 4 is 5.97 Å². The zero-order valence-corrected chi connectivity index (χ0v) is 10.8. The highest BCUT2D eigenvalue weighted by molar-refractivity contribution is 5.85. The topological polar surface area (TPSA) is 72.2 Å². The molecule has 1 aromatic carbocycles. The largest absolute Gasteiger partial charge is 0.476 e. The van der Waals surface area contributed by atoms with Gasteiger partial charge in [0, 0.05) is 11.3 Å². The summed E-state index contributed by atoms with van der Waals surface area (Å²) in [6.45, 7) is 3.59. The Morgan fingerprint density at radius 3 is 2.47 bits per heavy atom. The molecule has 1 N–H and O–H groups in total. The standard InChI is InChI=1S/C14H14N2O3/c1-3-11-9(2)16(10-7-5-4-6-8-10)15-12(13(11)17)14(18)19/h4-8H,3H2,1-2H3,(H,18,19). The minimum Gasteiger partial charge on any atom is -0.476 e. The van der Waals surface area contributed by atoms with E-state index in [9.17, 15) is 9.59 Å². The number of hydrogen-bond acceptors (Lipinski definition) is 3. The molecule has 19 heavy (non-hydrogen) atoms.